The van der Waals surface area contributed by atoms with E-state index in [9.17, 15) is 12.8 Å². The summed E-state index contributed by atoms with van der Waals surface area (Å²) in [5.41, 5.74) is 4.09. The van der Waals surface area contributed by atoms with Crippen molar-refractivity contribution in [2.75, 3.05) is 0 Å². The van der Waals surface area contributed by atoms with Crippen LogP contribution in [-0.4, -0.2) is 24.8 Å². The van der Waals surface area contributed by atoms with Crippen molar-refractivity contribution in [3.8, 4) is 0 Å². The third-order valence-electron chi connectivity index (χ3n) is 2.64. The first-order valence-corrected chi connectivity index (χ1v) is 6.70. The predicted octanol–water partition coefficient (Wildman–Crippen LogP) is 0.604. The Bertz CT molecular complexity index is 561. The van der Waals surface area contributed by atoms with E-state index in [4.69, 9.17) is 11.1 Å². The summed E-state index contributed by atoms with van der Waals surface area (Å²) >= 11 is 0. The van der Waals surface area contributed by atoms with Gasteiger partial charge in [-0.25, -0.2) is 17.8 Å². The van der Waals surface area contributed by atoms with Crippen LogP contribution in [-0.2, 0) is 10.0 Å². The fraction of sp³-hybridized carbons (Fsp3) is 0.400. The van der Waals surface area contributed by atoms with Crippen molar-refractivity contribution >= 4 is 15.9 Å². The van der Waals surface area contributed by atoms with Crippen LogP contribution in [0.4, 0.5) is 4.39 Å². The summed E-state index contributed by atoms with van der Waals surface area (Å²) < 4.78 is 39.5. The molecule has 0 saturated heterocycles. The lowest BCUT2D eigenvalue weighted by molar-refractivity contribution is 0.494. The zero-order valence-electron chi connectivity index (χ0n) is 10.1. The first-order chi connectivity index (χ1) is 8.23. The summed E-state index contributed by atoms with van der Waals surface area (Å²) in [7, 11) is -4.16. The summed E-state index contributed by atoms with van der Waals surface area (Å²) in [6.45, 7) is 3.12. The Labute approximate surface area is 105 Å². The molecule has 0 fully saturated rings. The molecule has 1 aromatic heterocycles. The Morgan fingerprint density at radius 1 is 1.67 bits per heavy atom. The molecule has 0 aliphatic heterocycles. The maximum Gasteiger partial charge on any atom is 0.261 e. The van der Waals surface area contributed by atoms with Gasteiger partial charge in [0.05, 0.1) is 5.54 Å². The van der Waals surface area contributed by atoms with Crippen LogP contribution in [0.15, 0.2) is 23.4 Å². The van der Waals surface area contributed by atoms with Crippen molar-refractivity contribution in [2.45, 2.75) is 30.8 Å². The van der Waals surface area contributed by atoms with Gasteiger partial charge >= 0.3 is 0 Å². The third-order valence-corrected chi connectivity index (χ3v) is 4.17. The molecule has 0 aromatic carbocycles. The quantitative estimate of drug-likeness (QED) is 0.539. The number of hydrogen-bond donors (Lipinski definition) is 3. The van der Waals surface area contributed by atoms with Gasteiger partial charge in [-0.15, -0.1) is 0 Å². The van der Waals surface area contributed by atoms with Gasteiger partial charge in [-0.3, -0.25) is 5.41 Å². The van der Waals surface area contributed by atoms with Crippen molar-refractivity contribution in [3.63, 3.8) is 0 Å². The normalized spacial score (nSPS) is 15.1. The van der Waals surface area contributed by atoms with E-state index in [1.54, 1.807) is 6.92 Å². The zero-order valence-corrected chi connectivity index (χ0v) is 10.9. The van der Waals surface area contributed by atoms with E-state index in [2.05, 4.69) is 9.71 Å². The minimum absolute atomic E-state index is 0.260. The first-order valence-electron chi connectivity index (χ1n) is 5.22. The molecule has 6 nitrogen and oxygen atoms in total. The van der Waals surface area contributed by atoms with Gasteiger partial charge in [0.2, 0.25) is 5.03 Å². The molecule has 1 aromatic rings. The van der Waals surface area contributed by atoms with Crippen LogP contribution < -0.4 is 10.5 Å². The van der Waals surface area contributed by atoms with Crippen LogP contribution in [0.5, 0.6) is 0 Å². The molecule has 1 unspecified atom stereocenters. The second kappa shape index (κ2) is 4.99. The van der Waals surface area contributed by atoms with Crippen molar-refractivity contribution in [2.24, 2.45) is 5.73 Å². The predicted molar refractivity (Wildman–Crippen MR) is 65.1 cm³/mol. The Kier molecular flexibility index (Phi) is 4.02. The largest absolute Gasteiger partial charge is 0.386 e. The first kappa shape index (κ1) is 14.5. The topological polar surface area (TPSA) is 109 Å². The number of nitrogens with one attached hydrogen (secondary N) is 2. The van der Waals surface area contributed by atoms with Crippen LogP contribution in [0.3, 0.4) is 0 Å². The van der Waals surface area contributed by atoms with Crippen molar-refractivity contribution in [1.82, 2.24) is 9.71 Å². The molecule has 0 amide bonds. The van der Waals surface area contributed by atoms with E-state index in [0.29, 0.717) is 0 Å². The number of sulfonamides is 1. The molecule has 4 N–H and O–H groups in total. The smallest absolute Gasteiger partial charge is 0.261 e. The second-order valence-electron chi connectivity index (χ2n) is 4.00. The molecule has 18 heavy (non-hydrogen) atoms. The standard InChI is InChI=1S/C10H15FN4O2S/c1-3-10(2,9(12)13)15-18(16,17)8-7(11)5-4-6-14-8/h4-6,15H,3H2,1-2H3,(H3,12,13). The second-order valence-corrected chi connectivity index (χ2v) is 5.59. The van der Waals surface area contributed by atoms with E-state index in [1.807, 2.05) is 0 Å². The van der Waals surface area contributed by atoms with Crippen LogP contribution in [0.2, 0.25) is 0 Å². The highest BCUT2D eigenvalue weighted by molar-refractivity contribution is 7.89. The van der Waals surface area contributed by atoms with Gasteiger partial charge in [0, 0.05) is 6.20 Å². The molecule has 1 atom stereocenters. The molecule has 100 valence electrons. The number of aromatic nitrogens is 1. The van der Waals surface area contributed by atoms with Gasteiger partial charge in [0.25, 0.3) is 10.0 Å². The minimum Gasteiger partial charge on any atom is -0.386 e. The number of halogens is 1. The van der Waals surface area contributed by atoms with Gasteiger partial charge in [-0.05, 0) is 25.5 Å². The maximum absolute atomic E-state index is 13.4. The summed E-state index contributed by atoms with van der Waals surface area (Å²) in [5.74, 6) is -1.29. The molecule has 0 bridgehead atoms. The van der Waals surface area contributed by atoms with E-state index in [1.165, 1.54) is 19.2 Å². The molecule has 0 aliphatic rings. The highest BCUT2D eigenvalue weighted by Crippen LogP contribution is 2.16. The zero-order chi connectivity index (χ0) is 14.0. The summed E-state index contributed by atoms with van der Waals surface area (Å²) in [6, 6.07) is 2.29. The average Bonchev–Trinajstić information content (AvgIpc) is 2.28. The minimum atomic E-state index is -4.16. The Morgan fingerprint density at radius 3 is 2.72 bits per heavy atom. The van der Waals surface area contributed by atoms with E-state index >= 15 is 0 Å². The molecule has 1 heterocycles. The Balaban J connectivity index is 3.18. The van der Waals surface area contributed by atoms with E-state index < -0.39 is 26.4 Å². The van der Waals surface area contributed by atoms with Gasteiger partial charge in [-0.2, -0.15) is 4.72 Å². The van der Waals surface area contributed by atoms with Crippen molar-refractivity contribution < 1.29 is 12.8 Å². The lowest BCUT2D eigenvalue weighted by Crippen LogP contribution is -2.54. The molecule has 8 heteroatoms. The Morgan fingerprint density at radius 2 is 2.28 bits per heavy atom. The van der Waals surface area contributed by atoms with E-state index in [-0.39, 0.29) is 12.3 Å². The fourth-order valence-electron chi connectivity index (χ4n) is 1.23. The molecule has 0 saturated carbocycles. The molecule has 1 rings (SSSR count). The lowest BCUT2D eigenvalue weighted by Gasteiger charge is -2.27. The maximum atomic E-state index is 13.4. The van der Waals surface area contributed by atoms with Crippen molar-refractivity contribution in [1.29, 1.82) is 5.41 Å². The van der Waals surface area contributed by atoms with Crippen LogP contribution in [0, 0.1) is 11.2 Å². The van der Waals surface area contributed by atoms with Gasteiger partial charge in [0.15, 0.2) is 5.82 Å². The van der Waals surface area contributed by atoms with Crippen LogP contribution in [0.25, 0.3) is 0 Å². The lowest BCUT2D eigenvalue weighted by atomic mass is 10.00. The molecular formula is C10H15FN4O2S. The number of rotatable bonds is 5. The van der Waals surface area contributed by atoms with Gasteiger partial charge < -0.3 is 5.73 Å². The third kappa shape index (κ3) is 2.82. The highest BCUT2D eigenvalue weighted by Gasteiger charge is 2.33. The number of nitrogens with two attached hydrogens (primary N) is 1. The highest BCUT2D eigenvalue weighted by atomic mass is 32.2. The molecule has 0 radical (unpaired) electrons. The van der Waals surface area contributed by atoms with Crippen LogP contribution >= 0.6 is 0 Å². The Hall–Kier alpha value is -1.54. The van der Waals surface area contributed by atoms with Gasteiger partial charge in [0.1, 0.15) is 5.84 Å². The molecule has 0 spiro atoms. The van der Waals surface area contributed by atoms with E-state index in [0.717, 1.165) is 6.07 Å². The number of hydrogen-bond acceptors (Lipinski definition) is 4. The molecular weight excluding hydrogens is 259 g/mol. The molecule has 0 aliphatic carbocycles. The summed E-state index contributed by atoms with van der Waals surface area (Å²) in [5, 5.41) is 6.68. The SMILES string of the molecule is CCC(C)(NS(=O)(=O)c1ncccc1F)C(=N)N. The van der Waals surface area contributed by atoms with Gasteiger partial charge in [-0.1, -0.05) is 6.92 Å². The fourth-order valence-corrected chi connectivity index (χ4v) is 2.70. The monoisotopic (exact) mass is 274 g/mol. The van der Waals surface area contributed by atoms with Crippen molar-refractivity contribution in [3.05, 3.63) is 24.1 Å². The van der Waals surface area contributed by atoms with Crippen LogP contribution in [0.1, 0.15) is 20.3 Å². The average molecular weight is 274 g/mol. The summed E-state index contributed by atoms with van der Waals surface area (Å²) in [4.78, 5) is 3.49. The number of nitrogens with zero attached hydrogens (tertiary/aromatic N) is 1. The number of amidine groups is 1. The summed E-state index contributed by atoms with van der Waals surface area (Å²) in [6.07, 6.45) is 1.44. The number of pyridine rings is 1.